The minimum Gasteiger partial charge on any atom is -0.301 e. The second-order valence-electron chi connectivity index (χ2n) is 11.3. The molecule has 27 heavy (non-hydrogen) atoms. The van der Waals surface area contributed by atoms with Gasteiger partial charge in [-0.1, -0.05) is 20.3 Å². The third-order valence-corrected chi connectivity index (χ3v) is 8.31. The Labute approximate surface area is 168 Å². The maximum Gasteiger partial charge on any atom is 0.0113 e. The molecule has 0 spiro atoms. The molecule has 0 amide bonds. The van der Waals surface area contributed by atoms with Gasteiger partial charge in [0.05, 0.1) is 0 Å². The highest BCUT2D eigenvalue weighted by Crippen LogP contribution is 2.52. The van der Waals surface area contributed by atoms with E-state index in [2.05, 4.69) is 42.4 Å². The second-order valence-corrected chi connectivity index (χ2v) is 11.3. The van der Waals surface area contributed by atoms with Crippen molar-refractivity contribution in [2.45, 2.75) is 84.7 Å². The van der Waals surface area contributed by atoms with Gasteiger partial charge in [-0.05, 0) is 75.5 Å². The smallest absolute Gasteiger partial charge is 0.0113 e. The summed E-state index contributed by atoms with van der Waals surface area (Å²) in [6, 6.07) is 1.62. The average Bonchev–Trinajstić information content (AvgIpc) is 3.41. The fourth-order valence-corrected chi connectivity index (χ4v) is 6.65. The molecule has 2 bridgehead atoms. The van der Waals surface area contributed by atoms with Crippen LogP contribution in [-0.2, 0) is 0 Å². The van der Waals surface area contributed by atoms with E-state index < -0.39 is 0 Å². The van der Waals surface area contributed by atoms with Crippen molar-refractivity contribution in [3.05, 3.63) is 0 Å². The minimum absolute atomic E-state index is 0.710. The molecule has 3 nitrogen and oxygen atoms in total. The Bertz CT molecular complexity index is 476. The second kappa shape index (κ2) is 8.32. The molecule has 3 heterocycles. The van der Waals surface area contributed by atoms with Crippen molar-refractivity contribution >= 4 is 0 Å². The fraction of sp³-hybridized carbons (Fsp3) is 1.00. The number of piperidine rings is 1. The van der Waals surface area contributed by atoms with Crippen LogP contribution in [0.1, 0.15) is 72.6 Å². The minimum atomic E-state index is 0.710. The number of rotatable bonds is 7. The zero-order valence-electron chi connectivity index (χ0n) is 18.6. The summed E-state index contributed by atoms with van der Waals surface area (Å²) in [7, 11) is 0. The molecule has 3 atom stereocenters. The van der Waals surface area contributed by atoms with Crippen molar-refractivity contribution < 1.29 is 0 Å². The van der Waals surface area contributed by atoms with Crippen molar-refractivity contribution in [1.29, 1.82) is 0 Å². The van der Waals surface area contributed by atoms with Gasteiger partial charge in [0.25, 0.3) is 0 Å². The summed E-state index contributed by atoms with van der Waals surface area (Å²) >= 11 is 0. The number of hydrogen-bond donors (Lipinski definition) is 0. The lowest BCUT2D eigenvalue weighted by atomic mass is 9.81. The van der Waals surface area contributed by atoms with Gasteiger partial charge in [-0.25, -0.2) is 0 Å². The van der Waals surface area contributed by atoms with Crippen LogP contribution in [-0.4, -0.2) is 72.6 Å². The van der Waals surface area contributed by atoms with Gasteiger partial charge in [0.15, 0.2) is 0 Å². The Hall–Kier alpha value is -0.120. The molecule has 0 N–H and O–H groups in total. The molecule has 3 saturated heterocycles. The molecule has 2 saturated carbocycles. The first-order valence-electron chi connectivity index (χ1n) is 12.1. The standard InChI is InChI=1S/C24H45N3/c1-19(2)15-24(8-9-24)18-27-17-21-6-5-7-23(27)14-22(21)16-25-10-12-26(13-11-25)20(3)4/h19-23H,5-18H2,1-4H3. The third kappa shape index (κ3) is 4.90. The first-order valence-corrected chi connectivity index (χ1v) is 12.1. The van der Waals surface area contributed by atoms with Crippen LogP contribution in [0, 0.1) is 23.2 Å². The first-order chi connectivity index (χ1) is 12.9. The lowest BCUT2D eigenvalue weighted by Crippen LogP contribution is -2.53. The van der Waals surface area contributed by atoms with Crippen LogP contribution in [0.4, 0.5) is 0 Å². The topological polar surface area (TPSA) is 9.72 Å². The molecule has 3 unspecified atom stereocenters. The summed E-state index contributed by atoms with van der Waals surface area (Å²) in [6.07, 6.45) is 10.4. The highest BCUT2D eigenvalue weighted by Gasteiger charge is 2.47. The summed E-state index contributed by atoms with van der Waals surface area (Å²) in [5.74, 6) is 2.82. The van der Waals surface area contributed by atoms with E-state index in [1.54, 1.807) is 0 Å². The van der Waals surface area contributed by atoms with Crippen molar-refractivity contribution in [1.82, 2.24) is 14.7 Å². The van der Waals surface area contributed by atoms with Crippen LogP contribution in [0.15, 0.2) is 0 Å². The monoisotopic (exact) mass is 375 g/mol. The summed E-state index contributed by atoms with van der Waals surface area (Å²) in [6.45, 7) is 18.9. The third-order valence-electron chi connectivity index (χ3n) is 8.31. The summed E-state index contributed by atoms with van der Waals surface area (Å²) in [4.78, 5) is 8.43. The van der Waals surface area contributed by atoms with Crippen LogP contribution in [0.25, 0.3) is 0 Å². The molecule has 0 radical (unpaired) electrons. The predicted molar refractivity (Wildman–Crippen MR) is 115 cm³/mol. The molecule has 3 aliphatic heterocycles. The largest absolute Gasteiger partial charge is 0.301 e. The zero-order chi connectivity index (χ0) is 19.0. The van der Waals surface area contributed by atoms with Crippen molar-refractivity contribution in [2.24, 2.45) is 23.2 Å². The van der Waals surface area contributed by atoms with Gasteiger partial charge in [-0.2, -0.15) is 0 Å². The van der Waals surface area contributed by atoms with Crippen LogP contribution in [0.2, 0.25) is 0 Å². The summed E-state index contributed by atoms with van der Waals surface area (Å²) in [5, 5.41) is 0. The van der Waals surface area contributed by atoms with E-state index in [0.717, 1.165) is 29.8 Å². The normalized spacial score (nSPS) is 35.1. The van der Waals surface area contributed by atoms with Gasteiger partial charge in [-0.3, -0.25) is 9.80 Å². The Morgan fingerprint density at radius 1 is 0.963 bits per heavy atom. The Kier molecular flexibility index (Phi) is 6.21. The van der Waals surface area contributed by atoms with E-state index in [4.69, 9.17) is 0 Å². The van der Waals surface area contributed by atoms with Crippen LogP contribution >= 0.6 is 0 Å². The molecule has 0 aromatic carbocycles. The van der Waals surface area contributed by atoms with E-state index in [1.807, 2.05) is 0 Å². The first kappa shape index (κ1) is 20.2. The summed E-state index contributed by atoms with van der Waals surface area (Å²) < 4.78 is 0. The SMILES string of the molecule is CC(C)CC1(CN2CC3CCCC2CC3CN2CCN(C(C)C)CC2)CC1. The molecule has 5 aliphatic rings. The zero-order valence-corrected chi connectivity index (χ0v) is 18.6. The van der Waals surface area contributed by atoms with E-state index in [1.165, 1.54) is 90.8 Å². The van der Waals surface area contributed by atoms with Crippen molar-refractivity contribution in [2.75, 3.05) is 45.8 Å². The fourth-order valence-electron chi connectivity index (χ4n) is 6.65. The molecule has 0 aromatic heterocycles. The van der Waals surface area contributed by atoms with Crippen LogP contribution < -0.4 is 0 Å². The number of hydrogen-bond acceptors (Lipinski definition) is 3. The predicted octanol–water partition coefficient (Wildman–Crippen LogP) is 4.33. The Morgan fingerprint density at radius 2 is 1.70 bits per heavy atom. The van der Waals surface area contributed by atoms with Gasteiger partial charge in [0.1, 0.15) is 0 Å². The highest BCUT2D eigenvalue weighted by atomic mass is 15.3. The molecule has 5 fully saturated rings. The van der Waals surface area contributed by atoms with Crippen molar-refractivity contribution in [3.8, 4) is 0 Å². The molecule has 5 rings (SSSR count). The molecule has 156 valence electrons. The van der Waals surface area contributed by atoms with Crippen LogP contribution in [0.5, 0.6) is 0 Å². The van der Waals surface area contributed by atoms with Gasteiger partial charge >= 0.3 is 0 Å². The molecule has 0 aromatic rings. The van der Waals surface area contributed by atoms with Gasteiger partial charge in [0.2, 0.25) is 0 Å². The molecule has 3 heteroatoms. The molecular weight excluding hydrogens is 330 g/mol. The maximum atomic E-state index is 2.97. The highest BCUT2D eigenvalue weighted by molar-refractivity contribution is 5.00. The number of piperazine rings is 1. The average molecular weight is 376 g/mol. The van der Waals surface area contributed by atoms with Gasteiger partial charge in [-0.15, -0.1) is 0 Å². The van der Waals surface area contributed by atoms with E-state index in [0.29, 0.717) is 5.41 Å². The summed E-state index contributed by atoms with van der Waals surface area (Å²) in [5.41, 5.74) is 0.710. The van der Waals surface area contributed by atoms with Gasteiger partial charge < -0.3 is 4.90 Å². The van der Waals surface area contributed by atoms with E-state index >= 15 is 0 Å². The van der Waals surface area contributed by atoms with Crippen molar-refractivity contribution in [3.63, 3.8) is 0 Å². The van der Waals surface area contributed by atoms with E-state index in [-0.39, 0.29) is 0 Å². The molecular formula is C24H45N3. The number of nitrogens with zero attached hydrogens (tertiary/aromatic N) is 3. The van der Waals surface area contributed by atoms with E-state index in [9.17, 15) is 0 Å². The Morgan fingerprint density at radius 3 is 2.33 bits per heavy atom. The maximum absolute atomic E-state index is 2.97. The quantitative estimate of drug-likeness (QED) is 0.656. The Balaban J connectivity index is 1.31. The van der Waals surface area contributed by atoms with Gasteiger partial charge in [0, 0.05) is 57.9 Å². The lowest BCUT2D eigenvalue weighted by molar-refractivity contribution is 0.0271. The van der Waals surface area contributed by atoms with Crippen LogP contribution in [0.3, 0.4) is 0 Å². The molecule has 2 aliphatic carbocycles. The lowest BCUT2D eigenvalue weighted by Gasteiger charge is -2.46. The number of fused-ring (bicyclic) bond motifs is 4.